The lowest BCUT2D eigenvalue weighted by molar-refractivity contribution is -0.138. The molecule has 16 heavy (non-hydrogen) atoms. The fraction of sp³-hybridized carbons (Fsp3) is 0.833. The molecule has 0 aromatic rings. The van der Waals surface area contributed by atoms with Crippen LogP contribution in [0.3, 0.4) is 0 Å². The maximum Gasteiger partial charge on any atom is 0.305 e. The van der Waals surface area contributed by atoms with Gasteiger partial charge in [-0.25, -0.2) is 0 Å². The number of aliphatic carboxylic acids is 1. The molecule has 1 aliphatic carbocycles. The van der Waals surface area contributed by atoms with E-state index in [1.165, 1.54) is 0 Å². The number of carbonyl (C=O) groups excluding carboxylic acids is 1. The van der Waals surface area contributed by atoms with Crippen molar-refractivity contribution >= 4 is 11.9 Å². The minimum Gasteiger partial charge on any atom is -0.481 e. The van der Waals surface area contributed by atoms with Crippen molar-refractivity contribution in [3.63, 3.8) is 0 Å². The zero-order chi connectivity index (χ0) is 12.1. The molecule has 4 heteroatoms. The molecule has 1 amide bonds. The number of hydrogen-bond donors (Lipinski definition) is 2. The summed E-state index contributed by atoms with van der Waals surface area (Å²) in [6.45, 7) is 3.93. The van der Waals surface area contributed by atoms with Gasteiger partial charge in [0, 0.05) is 12.0 Å². The van der Waals surface area contributed by atoms with Crippen molar-refractivity contribution in [1.82, 2.24) is 5.32 Å². The Bertz CT molecular complexity index is 261. The Morgan fingerprint density at radius 3 is 2.50 bits per heavy atom. The molecule has 1 rings (SSSR count). The van der Waals surface area contributed by atoms with Crippen LogP contribution in [0.2, 0.25) is 0 Å². The van der Waals surface area contributed by atoms with Crippen LogP contribution >= 0.6 is 0 Å². The molecule has 0 aromatic heterocycles. The van der Waals surface area contributed by atoms with Gasteiger partial charge in [-0.2, -0.15) is 0 Å². The molecule has 0 heterocycles. The average Bonchev–Trinajstić information content (AvgIpc) is 2.99. The third-order valence-electron chi connectivity index (χ3n) is 3.08. The summed E-state index contributed by atoms with van der Waals surface area (Å²) in [5, 5.41) is 11.6. The maximum atomic E-state index is 11.8. The van der Waals surface area contributed by atoms with E-state index in [0.29, 0.717) is 5.92 Å². The van der Waals surface area contributed by atoms with E-state index in [1.807, 2.05) is 13.8 Å². The molecule has 0 aromatic carbocycles. The van der Waals surface area contributed by atoms with Crippen molar-refractivity contribution in [1.29, 1.82) is 0 Å². The molecule has 0 bridgehead atoms. The standard InChI is InChI=1S/C12H21NO3/c1-3-4-8(2)12(16)13-10(7-11(14)15)9-5-6-9/h8-10H,3-7H2,1-2H3,(H,13,16)(H,14,15). The first-order chi connectivity index (χ1) is 7.54. The summed E-state index contributed by atoms with van der Waals surface area (Å²) in [5.41, 5.74) is 0. The summed E-state index contributed by atoms with van der Waals surface area (Å²) < 4.78 is 0. The van der Waals surface area contributed by atoms with Gasteiger partial charge in [-0.3, -0.25) is 9.59 Å². The first-order valence-electron chi connectivity index (χ1n) is 6.06. The molecule has 0 aliphatic heterocycles. The summed E-state index contributed by atoms with van der Waals surface area (Å²) in [6, 6.07) is -0.163. The molecule has 2 N–H and O–H groups in total. The zero-order valence-corrected chi connectivity index (χ0v) is 10.0. The molecule has 1 saturated carbocycles. The van der Waals surface area contributed by atoms with Gasteiger partial charge in [-0.1, -0.05) is 20.3 Å². The summed E-state index contributed by atoms with van der Waals surface area (Å²) >= 11 is 0. The highest BCUT2D eigenvalue weighted by molar-refractivity contribution is 5.79. The van der Waals surface area contributed by atoms with Crippen molar-refractivity contribution in [2.24, 2.45) is 11.8 Å². The fourth-order valence-electron chi connectivity index (χ4n) is 1.91. The van der Waals surface area contributed by atoms with E-state index in [1.54, 1.807) is 0 Å². The zero-order valence-electron chi connectivity index (χ0n) is 10.0. The third-order valence-corrected chi connectivity index (χ3v) is 3.08. The number of rotatable bonds is 7. The van der Waals surface area contributed by atoms with E-state index in [9.17, 15) is 9.59 Å². The van der Waals surface area contributed by atoms with E-state index < -0.39 is 5.97 Å². The van der Waals surface area contributed by atoms with Gasteiger partial charge in [-0.05, 0) is 25.2 Å². The molecule has 0 radical (unpaired) electrons. The molecule has 92 valence electrons. The number of amides is 1. The lowest BCUT2D eigenvalue weighted by Gasteiger charge is -2.19. The van der Waals surface area contributed by atoms with E-state index in [2.05, 4.69) is 5.32 Å². The molecule has 0 spiro atoms. The number of hydrogen-bond acceptors (Lipinski definition) is 2. The molecule has 4 nitrogen and oxygen atoms in total. The second-order valence-electron chi connectivity index (χ2n) is 4.74. The second-order valence-corrected chi connectivity index (χ2v) is 4.74. The highest BCUT2D eigenvalue weighted by Crippen LogP contribution is 2.34. The van der Waals surface area contributed by atoms with Crippen molar-refractivity contribution < 1.29 is 14.7 Å². The van der Waals surface area contributed by atoms with Crippen LogP contribution in [0.15, 0.2) is 0 Å². The minimum absolute atomic E-state index is 0. The first-order valence-corrected chi connectivity index (χ1v) is 6.06. The Hall–Kier alpha value is -1.06. The topological polar surface area (TPSA) is 66.4 Å². The summed E-state index contributed by atoms with van der Waals surface area (Å²) in [6.07, 6.45) is 3.97. The lowest BCUT2D eigenvalue weighted by atomic mass is 10.0. The van der Waals surface area contributed by atoms with Crippen LogP contribution in [0.1, 0.15) is 46.0 Å². The molecule has 2 unspecified atom stereocenters. The van der Waals surface area contributed by atoms with Crippen LogP contribution < -0.4 is 5.32 Å². The van der Waals surface area contributed by atoms with Crippen LogP contribution in [0, 0.1) is 11.8 Å². The summed E-state index contributed by atoms with van der Waals surface area (Å²) in [7, 11) is 0. The van der Waals surface area contributed by atoms with Gasteiger partial charge < -0.3 is 10.4 Å². The summed E-state index contributed by atoms with van der Waals surface area (Å²) in [4.78, 5) is 22.4. The smallest absolute Gasteiger partial charge is 0.305 e. The monoisotopic (exact) mass is 227 g/mol. The summed E-state index contributed by atoms with van der Waals surface area (Å²) in [5.74, 6) is -0.464. The van der Waals surface area contributed by atoms with Crippen molar-refractivity contribution in [3.8, 4) is 0 Å². The first kappa shape index (κ1) is 13.0. The van der Waals surface area contributed by atoms with Crippen molar-refractivity contribution in [2.45, 2.75) is 52.0 Å². The Morgan fingerprint density at radius 2 is 2.06 bits per heavy atom. The normalized spacial score (nSPS) is 18.9. The SMILES string of the molecule is CCCC(C)C(=O)NC(CC(=O)O)C1CC1. The number of carboxylic acid groups (broad SMARTS) is 1. The Labute approximate surface area is 96.4 Å². The van der Waals surface area contributed by atoms with Gasteiger partial charge in [0.25, 0.3) is 0 Å². The predicted octanol–water partition coefficient (Wildman–Crippen LogP) is 1.79. The predicted molar refractivity (Wildman–Crippen MR) is 61.0 cm³/mol. The second kappa shape index (κ2) is 5.87. The van der Waals surface area contributed by atoms with E-state index in [-0.39, 0.29) is 24.3 Å². The van der Waals surface area contributed by atoms with Gasteiger partial charge in [-0.15, -0.1) is 0 Å². The van der Waals surface area contributed by atoms with Gasteiger partial charge in [0.15, 0.2) is 0 Å². The molecule has 2 atom stereocenters. The largest absolute Gasteiger partial charge is 0.481 e. The van der Waals surface area contributed by atoms with Gasteiger partial charge in [0.2, 0.25) is 5.91 Å². The number of nitrogens with one attached hydrogen (secondary N) is 1. The molecule has 1 fully saturated rings. The van der Waals surface area contributed by atoms with E-state index >= 15 is 0 Å². The molecule has 1 aliphatic rings. The number of carboxylic acids is 1. The van der Waals surface area contributed by atoms with Crippen molar-refractivity contribution in [2.75, 3.05) is 0 Å². The Kier molecular flexibility index (Phi) is 4.77. The van der Waals surface area contributed by atoms with Crippen LogP contribution in [-0.4, -0.2) is 23.0 Å². The van der Waals surface area contributed by atoms with E-state index in [4.69, 9.17) is 5.11 Å². The quantitative estimate of drug-likeness (QED) is 0.697. The molecular formula is C12H21NO3. The van der Waals surface area contributed by atoms with Crippen LogP contribution in [0.5, 0.6) is 0 Å². The third kappa shape index (κ3) is 4.21. The van der Waals surface area contributed by atoms with Crippen LogP contribution in [0.4, 0.5) is 0 Å². The van der Waals surface area contributed by atoms with Crippen LogP contribution in [-0.2, 0) is 9.59 Å². The van der Waals surface area contributed by atoms with E-state index in [0.717, 1.165) is 25.7 Å². The average molecular weight is 227 g/mol. The van der Waals surface area contributed by atoms with Gasteiger partial charge >= 0.3 is 5.97 Å². The minimum atomic E-state index is -0.833. The van der Waals surface area contributed by atoms with Crippen molar-refractivity contribution in [3.05, 3.63) is 0 Å². The highest BCUT2D eigenvalue weighted by atomic mass is 16.4. The lowest BCUT2D eigenvalue weighted by Crippen LogP contribution is -2.40. The van der Waals surface area contributed by atoms with Gasteiger partial charge in [0.05, 0.1) is 6.42 Å². The van der Waals surface area contributed by atoms with Gasteiger partial charge in [0.1, 0.15) is 0 Å². The Balaban J connectivity index is 2.41. The fourth-order valence-corrected chi connectivity index (χ4v) is 1.91. The Morgan fingerprint density at radius 1 is 1.44 bits per heavy atom. The number of carbonyl (C=O) groups is 2. The molecule has 0 saturated heterocycles. The van der Waals surface area contributed by atoms with Crippen LogP contribution in [0.25, 0.3) is 0 Å². The molecular weight excluding hydrogens is 206 g/mol. The highest BCUT2D eigenvalue weighted by Gasteiger charge is 2.34. The maximum absolute atomic E-state index is 11.8.